The highest BCUT2D eigenvalue weighted by atomic mass is 32.1. The van der Waals surface area contributed by atoms with Gasteiger partial charge in [0.05, 0.1) is 23.4 Å². The molecule has 1 saturated carbocycles. The molecule has 0 radical (unpaired) electrons. The van der Waals surface area contributed by atoms with E-state index in [4.69, 9.17) is 10.5 Å². The summed E-state index contributed by atoms with van der Waals surface area (Å²) in [5.74, 6) is -0.0263. The molecule has 0 spiro atoms. The van der Waals surface area contributed by atoms with Crippen molar-refractivity contribution in [2.75, 3.05) is 30.3 Å². The number of ether oxygens (including phenoxy) is 1. The molecule has 1 saturated heterocycles. The zero-order valence-electron chi connectivity index (χ0n) is 11.7. The monoisotopic (exact) mass is 295 g/mol. The molecule has 3 rings (SSSR count). The smallest absolute Gasteiger partial charge is 0.263 e. The Bertz CT molecular complexity index is 499. The van der Waals surface area contributed by atoms with Gasteiger partial charge in [-0.05, 0) is 25.3 Å². The van der Waals surface area contributed by atoms with Crippen LogP contribution in [0.4, 0.5) is 10.7 Å². The molecule has 1 aliphatic carbocycles. The van der Waals surface area contributed by atoms with E-state index in [9.17, 15) is 4.79 Å². The van der Waals surface area contributed by atoms with E-state index < -0.39 is 0 Å². The highest BCUT2D eigenvalue weighted by Gasteiger charge is 2.27. The molecule has 2 aliphatic rings. The normalized spacial score (nSPS) is 22.9. The molecule has 1 unspecified atom stereocenters. The molecule has 1 aromatic rings. The summed E-state index contributed by atoms with van der Waals surface area (Å²) in [6.07, 6.45) is 3.46. The van der Waals surface area contributed by atoms with Gasteiger partial charge in [-0.15, -0.1) is 11.3 Å². The lowest BCUT2D eigenvalue weighted by Crippen LogP contribution is -2.41. The van der Waals surface area contributed by atoms with Crippen LogP contribution in [-0.4, -0.2) is 37.7 Å². The summed E-state index contributed by atoms with van der Waals surface area (Å²) in [5.41, 5.74) is 6.59. The van der Waals surface area contributed by atoms with Gasteiger partial charge in [-0.1, -0.05) is 6.92 Å². The van der Waals surface area contributed by atoms with Gasteiger partial charge in [-0.25, -0.2) is 0 Å². The van der Waals surface area contributed by atoms with Crippen LogP contribution in [0.5, 0.6) is 0 Å². The fraction of sp³-hybridized carbons (Fsp3) is 0.643. The van der Waals surface area contributed by atoms with Crippen LogP contribution < -0.4 is 16.0 Å². The Kier molecular flexibility index (Phi) is 3.85. The molecule has 5 nitrogen and oxygen atoms in total. The van der Waals surface area contributed by atoms with Crippen LogP contribution >= 0.6 is 11.3 Å². The van der Waals surface area contributed by atoms with Crippen molar-refractivity contribution in [3.05, 3.63) is 10.9 Å². The van der Waals surface area contributed by atoms with E-state index in [2.05, 4.69) is 17.1 Å². The van der Waals surface area contributed by atoms with Gasteiger partial charge in [0.2, 0.25) is 0 Å². The van der Waals surface area contributed by atoms with E-state index in [-0.39, 0.29) is 12.0 Å². The van der Waals surface area contributed by atoms with Crippen molar-refractivity contribution < 1.29 is 9.53 Å². The number of hydrogen-bond acceptors (Lipinski definition) is 5. The number of rotatable bonds is 4. The van der Waals surface area contributed by atoms with Crippen molar-refractivity contribution in [3.63, 3.8) is 0 Å². The van der Waals surface area contributed by atoms with Gasteiger partial charge in [0.15, 0.2) is 0 Å². The summed E-state index contributed by atoms with van der Waals surface area (Å²) in [6, 6.07) is 2.28. The molecule has 1 aliphatic heterocycles. The Morgan fingerprint density at radius 3 is 3.10 bits per heavy atom. The van der Waals surface area contributed by atoms with Crippen LogP contribution in [0.3, 0.4) is 0 Å². The Labute approximate surface area is 123 Å². The van der Waals surface area contributed by atoms with Crippen molar-refractivity contribution in [1.29, 1.82) is 0 Å². The first-order chi connectivity index (χ1) is 9.67. The molecule has 1 amide bonds. The van der Waals surface area contributed by atoms with Crippen molar-refractivity contribution in [3.8, 4) is 0 Å². The number of nitrogens with one attached hydrogen (secondary N) is 1. The fourth-order valence-electron chi connectivity index (χ4n) is 2.37. The van der Waals surface area contributed by atoms with Gasteiger partial charge >= 0.3 is 0 Å². The number of carbonyl (C=O) groups excluding carboxylic acids is 1. The Hall–Kier alpha value is -1.27. The molecule has 2 heterocycles. The minimum absolute atomic E-state index is 0.0263. The minimum Gasteiger partial charge on any atom is -0.397 e. The van der Waals surface area contributed by atoms with Crippen molar-refractivity contribution in [2.45, 2.75) is 38.3 Å². The van der Waals surface area contributed by atoms with Gasteiger partial charge in [0, 0.05) is 19.1 Å². The van der Waals surface area contributed by atoms with Crippen molar-refractivity contribution in [1.82, 2.24) is 5.32 Å². The molecule has 20 heavy (non-hydrogen) atoms. The molecule has 0 aromatic carbocycles. The third-order valence-electron chi connectivity index (χ3n) is 3.77. The first kappa shape index (κ1) is 13.7. The van der Waals surface area contributed by atoms with Crippen LogP contribution in [0.15, 0.2) is 6.07 Å². The molecular weight excluding hydrogens is 274 g/mol. The second-order valence-corrected chi connectivity index (χ2v) is 6.49. The highest BCUT2D eigenvalue weighted by Crippen LogP contribution is 2.34. The third-order valence-corrected chi connectivity index (χ3v) is 4.98. The van der Waals surface area contributed by atoms with E-state index >= 15 is 0 Å². The third kappa shape index (κ3) is 2.91. The quantitative estimate of drug-likeness (QED) is 0.889. The predicted molar refractivity (Wildman–Crippen MR) is 81.5 cm³/mol. The topological polar surface area (TPSA) is 67.6 Å². The van der Waals surface area contributed by atoms with Gasteiger partial charge in [0.25, 0.3) is 5.91 Å². The lowest BCUT2D eigenvalue weighted by molar-refractivity contribution is 0.0386. The number of carbonyl (C=O) groups is 1. The molecule has 0 bridgehead atoms. The highest BCUT2D eigenvalue weighted by molar-refractivity contribution is 7.18. The summed E-state index contributed by atoms with van der Waals surface area (Å²) in [4.78, 5) is 15.0. The lowest BCUT2D eigenvalue weighted by Gasteiger charge is -2.33. The summed E-state index contributed by atoms with van der Waals surface area (Å²) in [7, 11) is 0. The number of amides is 1. The standard InChI is InChI=1S/C14H21N3O2S/c1-2-10-8-17(5-6-19-10)12-7-11(15)13(20-12)14(18)16-9-3-4-9/h7,9-10H,2-6,8,15H2,1H3,(H,16,18). The first-order valence-corrected chi connectivity index (χ1v) is 8.05. The first-order valence-electron chi connectivity index (χ1n) is 7.24. The average molecular weight is 295 g/mol. The van der Waals surface area contributed by atoms with Crippen LogP contribution in [-0.2, 0) is 4.74 Å². The fourth-order valence-corrected chi connectivity index (χ4v) is 3.39. The van der Waals surface area contributed by atoms with E-state index in [1.165, 1.54) is 11.3 Å². The van der Waals surface area contributed by atoms with E-state index in [1.54, 1.807) is 0 Å². The zero-order valence-corrected chi connectivity index (χ0v) is 12.5. The number of hydrogen-bond donors (Lipinski definition) is 2. The predicted octanol–water partition coefficient (Wildman–Crippen LogP) is 1.84. The van der Waals surface area contributed by atoms with Crippen molar-refractivity contribution >= 4 is 27.9 Å². The van der Waals surface area contributed by atoms with Crippen LogP contribution in [0, 0.1) is 0 Å². The van der Waals surface area contributed by atoms with Crippen LogP contribution in [0.25, 0.3) is 0 Å². The molecule has 110 valence electrons. The Balaban J connectivity index is 1.72. The molecule has 1 aromatic heterocycles. The Morgan fingerprint density at radius 1 is 1.60 bits per heavy atom. The second kappa shape index (κ2) is 5.61. The van der Waals surface area contributed by atoms with Gasteiger partial charge < -0.3 is 20.7 Å². The summed E-state index contributed by atoms with van der Waals surface area (Å²) >= 11 is 1.49. The van der Waals surface area contributed by atoms with Gasteiger partial charge in [-0.2, -0.15) is 0 Å². The van der Waals surface area contributed by atoms with Crippen molar-refractivity contribution in [2.24, 2.45) is 0 Å². The maximum Gasteiger partial charge on any atom is 0.263 e. The molecular formula is C14H21N3O2S. The summed E-state index contributed by atoms with van der Waals surface area (Å²) in [5, 5.41) is 4.07. The van der Waals surface area contributed by atoms with Gasteiger partial charge in [-0.3, -0.25) is 4.79 Å². The summed E-state index contributed by atoms with van der Waals surface area (Å²) in [6.45, 7) is 4.60. The number of nitrogens with two attached hydrogens (primary N) is 1. The number of anilines is 2. The maximum absolute atomic E-state index is 12.1. The number of nitrogens with zero attached hydrogens (tertiary/aromatic N) is 1. The van der Waals surface area contributed by atoms with E-state index in [0.717, 1.165) is 44.0 Å². The molecule has 3 N–H and O–H groups in total. The van der Waals surface area contributed by atoms with E-state index in [0.29, 0.717) is 16.6 Å². The largest absolute Gasteiger partial charge is 0.397 e. The van der Waals surface area contributed by atoms with Gasteiger partial charge in [0.1, 0.15) is 4.88 Å². The molecule has 6 heteroatoms. The minimum atomic E-state index is -0.0263. The summed E-state index contributed by atoms with van der Waals surface area (Å²) < 4.78 is 5.68. The molecule has 1 atom stereocenters. The Morgan fingerprint density at radius 2 is 2.40 bits per heavy atom. The molecule has 2 fully saturated rings. The SMILES string of the molecule is CCC1CN(c2cc(N)c(C(=O)NC3CC3)s2)CCO1. The van der Waals surface area contributed by atoms with E-state index in [1.807, 2.05) is 6.07 Å². The van der Waals surface area contributed by atoms with Crippen LogP contribution in [0.1, 0.15) is 35.9 Å². The zero-order chi connectivity index (χ0) is 14.1. The number of morpholine rings is 1. The lowest BCUT2D eigenvalue weighted by atomic mass is 10.2. The average Bonchev–Trinajstić information content (AvgIpc) is 3.18. The number of thiophene rings is 1. The number of nitrogen functional groups attached to an aromatic ring is 1. The van der Waals surface area contributed by atoms with Crippen LogP contribution in [0.2, 0.25) is 0 Å². The second-order valence-electron chi connectivity index (χ2n) is 5.46. The maximum atomic E-state index is 12.1.